The Bertz CT molecular complexity index is 501. The predicted molar refractivity (Wildman–Crippen MR) is 72.1 cm³/mol. The van der Waals surface area contributed by atoms with Crippen molar-refractivity contribution in [3.8, 4) is 0 Å². The number of nitrogens with zero attached hydrogens (tertiary/aromatic N) is 2. The summed E-state index contributed by atoms with van der Waals surface area (Å²) in [5.41, 5.74) is 2.81. The average molecular weight is 245 g/mol. The zero-order valence-electron chi connectivity index (χ0n) is 10.6. The van der Waals surface area contributed by atoms with E-state index in [1.807, 2.05) is 30.5 Å². The van der Waals surface area contributed by atoms with Gasteiger partial charge in [-0.1, -0.05) is 19.1 Å². The molecule has 2 N–H and O–H groups in total. The monoisotopic (exact) mass is 245 g/mol. The van der Waals surface area contributed by atoms with Gasteiger partial charge in [-0.2, -0.15) is 0 Å². The Balaban J connectivity index is 1.91. The third kappa shape index (κ3) is 3.48. The minimum Gasteiger partial charge on any atom is -0.396 e. The van der Waals surface area contributed by atoms with Gasteiger partial charge in [0.15, 0.2) is 0 Å². The molecule has 0 amide bonds. The molecule has 4 heteroatoms. The van der Waals surface area contributed by atoms with Crippen molar-refractivity contribution in [1.29, 1.82) is 0 Å². The topological polar surface area (TPSA) is 58.0 Å². The Labute approximate surface area is 107 Å². The molecular weight excluding hydrogens is 226 g/mol. The number of nitrogens with one attached hydrogen (secondary N) is 1. The molecule has 2 rings (SSSR count). The van der Waals surface area contributed by atoms with Crippen molar-refractivity contribution >= 4 is 11.0 Å². The van der Waals surface area contributed by atoms with Crippen LogP contribution in [0.5, 0.6) is 0 Å². The SMILES string of the molecule is CC(CCO)CNCc1cnc2ccccc2n1. The molecular formula is C14H19N3O. The van der Waals surface area contributed by atoms with Gasteiger partial charge < -0.3 is 10.4 Å². The molecule has 0 aliphatic rings. The second-order valence-electron chi connectivity index (χ2n) is 4.60. The first-order valence-electron chi connectivity index (χ1n) is 6.32. The summed E-state index contributed by atoms with van der Waals surface area (Å²) in [7, 11) is 0. The van der Waals surface area contributed by atoms with E-state index >= 15 is 0 Å². The molecule has 2 aromatic rings. The first-order valence-corrected chi connectivity index (χ1v) is 6.32. The van der Waals surface area contributed by atoms with Gasteiger partial charge in [0.05, 0.1) is 22.9 Å². The van der Waals surface area contributed by atoms with Crippen molar-refractivity contribution in [2.75, 3.05) is 13.2 Å². The quantitative estimate of drug-likeness (QED) is 0.814. The van der Waals surface area contributed by atoms with Gasteiger partial charge in [-0.15, -0.1) is 0 Å². The lowest BCUT2D eigenvalue weighted by molar-refractivity contribution is 0.260. The molecule has 1 atom stereocenters. The third-order valence-electron chi connectivity index (χ3n) is 2.92. The summed E-state index contributed by atoms with van der Waals surface area (Å²) < 4.78 is 0. The molecule has 96 valence electrons. The number of aliphatic hydroxyl groups excluding tert-OH is 1. The van der Waals surface area contributed by atoms with Gasteiger partial charge in [0.2, 0.25) is 0 Å². The van der Waals surface area contributed by atoms with Gasteiger partial charge in [0.25, 0.3) is 0 Å². The summed E-state index contributed by atoms with van der Waals surface area (Å²) in [5, 5.41) is 12.2. The lowest BCUT2D eigenvalue weighted by atomic mass is 10.1. The van der Waals surface area contributed by atoms with E-state index in [0.717, 1.165) is 29.7 Å². The highest BCUT2D eigenvalue weighted by atomic mass is 16.3. The number of benzene rings is 1. The molecule has 0 spiro atoms. The van der Waals surface area contributed by atoms with Gasteiger partial charge in [-0.25, -0.2) is 4.98 Å². The van der Waals surface area contributed by atoms with Gasteiger partial charge in [-0.05, 0) is 31.0 Å². The minimum absolute atomic E-state index is 0.249. The van der Waals surface area contributed by atoms with E-state index in [0.29, 0.717) is 12.5 Å². The molecule has 1 aromatic carbocycles. The Hall–Kier alpha value is -1.52. The minimum atomic E-state index is 0.249. The lowest BCUT2D eigenvalue weighted by Gasteiger charge is -2.10. The van der Waals surface area contributed by atoms with Crippen molar-refractivity contribution in [1.82, 2.24) is 15.3 Å². The van der Waals surface area contributed by atoms with E-state index in [-0.39, 0.29) is 6.61 Å². The summed E-state index contributed by atoms with van der Waals surface area (Å²) in [5.74, 6) is 0.475. The maximum Gasteiger partial charge on any atom is 0.0890 e. The Morgan fingerprint density at radius 2 is 2.06 bits per heavy atom. The van der Waals surface area contributed by atoms with E-state index in [1.54, 1.807) is 0 Å². The van der Waals surface area contributed by atoms with Crippen LogP contribution >= 0.6 is 0 Å². The first kappa shape index (κ1) is 12.9. The molecule has 0 fully saturated rings. The Morgan fingerprint density at radius 1 is 1.28 bits per heavy atom. The van der Waals surface area contributed by atoms with Crippen LogP contribution in [-0.2, 0) is 6.54 Å². The molecule has 1 heterocycles. The van der Waals surface area contributed by atoms with Crippen LogP contribution < -0.4 is 5.32 Å². The highest BCUT2D eigenvalue weighted by Crippen LogP contribution is 2.08. The normalized spacial score (nSPS) is 12.8. The zero-order chi connectivity index (χ0) is 12.8. The molecule has 4 nitrogen and oxygen atoms in total. The van der Waals surface area contributed by atoms with Gasteiger partial charge >= 0.3 is 0 Å². The van der Waals surface area contributed by atoms with Crippen molar-refractivity contribution in [2.45, 2.75) is 19.9 Å². The third-order valence-corrected chi connectivity index (χ3v) is 2.92. The molecule has 1 unspecified atom stereocenters. The summed E-state index contributed by atoms with van der Waals surface area (Å²) >= 11 is 0. The number of aromatic nitrogens is 2. The van der Waals surface area contributed by atoms with Crippen LogP contribution in [0.4, 0.5) is 0 Å². The van der Waals surface area contributed by atoms with E-state index in [4.69, 9.17) is 5.11 Å². The molecule has 18 heavy (non-hydrogen) atoms. The van der Waals surface area contributed by atoms with Gasteiger partial charge in [-0.3, -0.25) is 4.98 Å². The fourth-order valence-electron chi connectivity index (χ4n) is 1.85. The Kier molecular flexibility index (Phi) is 4.61. The summed E-state index contributed by atoms with van der Waals surface area (Å²) in [6, 6.07) is 7.87. The molecule has 0 bridgehead atoms. The zero-order valence-corrected chi connectivity index (χ0v) is 10.6. The van der Waals surface area contributed by atoms with Gasteiger partial charge in [0.1, 0.15) is 0 Å². The van der Waals surface area contributed by atoms with Crippen LogP contribution in [0.2, 0.25) is 0 Å². The largest absolute Gasteiger partial charge is 0.396 e. The predicted octanol–water partition coefficient (Wildman–Crippen LogP) is 1.74. The van der Waals surface area contributed by atoms with Crippen LogP contribution in [-0.4, -0.2) is 28.2 Å². The molecule has 1 aromatic heterocycles. The van der Waals surface area contributed by atoms with Crippen LogP contribution in [0.1, 0.15) is 19.0 Å². The number of rotatable bonds is 6. The number of para-hydroxylation sites is 2. The van der Waals surface area contributed by atoms with Crippen LogP contribution in [0.15, 0.2) is 30.5 Å². The second-order valence-corrected chi connectivity index (χ2v) is 4.60. The molecule has 0 radical (unpaired) electrons. The van der Waals surface area contributed by atoms with Crippen molar-refractivity contribution in [2.24, 2.45) is 5.92 Å². The maximum atomic E-state index is 8.82. The number of hydrogen-bond acceptors (Lipinski definition) is 4. The summed E-state index contributed by atoms with van der Waals surface area (Å²) in [4.78, 5) is 8.92. The molecule has 0 aliphatic carbocycles. The summed E-state index contributed by atoms with van der Waals surface area (Å²) in [6.07, 6.45) is 2.64. The summed E-state index contributed by atoms with van der Waals surface area (Å²) in [6.45, 7) is 3.97. The average Bonchev–Trinajstić information content (AvgIpc) is 2.39. The maximum absolute atomic E-state index is 8.82. The Morgan fingerprint density at radius 3 is 2.83 bits per heavy atom. The van der Waals surface area contributed by atoms with Crippen molar-refractivity contribution in [3.05, 3.63) is 36.2 Å². The van der Waals surface area contributed by atoms with Gasteiger partial charge in [0, 0.05) is 13.2 Å². The number of fused-ring (bicyclic) bond motifs is 1. The fourth-order valence-corrected chi connectivity index (χ4v) is 1.85. The van der Waals surface area contributed by atoms with E-state index in [1.165, 1.54) is 0 Å². The van der Waals surface area contributed by atoms with Crippen molar-refractivity contribution in [3.63, 3.8) is 0 Å². The second kappa shape index (κ2) is 6.42. The molecule has 0 saturated carbocycles. The van der Waals surface area contributed by atoms with Crippen molar-refractivity contribution < 1.29 is 5.11 Å². The lowest BCUT2D eigenvalue weighted by Crippen LogP contribution is -2.22. The van der Waals surface area contributed by atoms with Crippen LogP contribution in [0.25, 0.3) is 11.0 Å². The molecule has 0 saturated heterocycles. The smallest absolute Gasteiger partial charge is 0.0890 e. The van der Waals surface area contributed by atoms with Crippen LogP contribution in [0.3, 0.4) is 0 Å². The number of hydrogen-bond donors (Lipinski definition) is 2. The standard InChI is InChI=1S/C14H19N3O/c1-11(6-7-18)8-15-9-12-10-16-13-4-2-3-5-14(13)17-12/h2-5,10-11,15,18H,6-9H2,1H3. The van der Waals surface area contributed by atoms with E-state index in [2.05, 4.69) is 22.2 Å². The van der Waals surface area contributed by atoms with E-state index in [9.17, 15) is 0 Å². The highest BCUT2D eigenvalue weighted by molar-refractivity contribution is 5.73. The highest BCUT2D eigenvalue weighted by Gasteiger charge is 2.02. The number of aliphatic hydroxyl groups is 1. The molecule has 0 aliphatic heterocycles. The first-order chi connectivity index (χ1) is 8.79. The van der Waals surface area contributed by atoms with E-state index < -0.39 is 0 Å². The fraction of sp³-hybridized carbons (Fsp3) is 0.429. The van der Waals surface area contributed by atoms with Crippen LogP contribution in [0, 0.1) is 5.92 Å².